The van der Waals surface area contributed by atoms with E-state index in [0.29, 0.717) is 23.3 Å². The zero-order valence-corrected chi connectivity index (χ0v) is 12.8. The van der Waals surface area contributed by atoms with Crippen molar-refractivity contribution in [2.45, 2.75) is 25.2 Å². The fourth-order valence-corrected chi connectivity index (χ4v) is 3.60. The van der Waals surface area contributed by atoms with E-state index in [0.717, 1.165) is 18.0 Å². The van der Waals surface area contributed by atoms with Gasteiger partial charge in [0, 0.05) is 23.7 Å². The Balaban J connectivity index is 1.91. The summed E-state index contributed by atoms with van der Waals surface area (Å²) in [7, 11) is 0. The van der Waals surface area contributed by atoms with Gasteiger partial charge in [-0.2, -0.15) is 0 Å². The van der Waals surface area contributed by atoms with E-state index < -0.39 is 0 Å². The molecule has 5 heteroatoms. The maximum Gasteiger partial charge on any atom is 0.232 e. The van der Waals surface area contributed by atoms with Gasteiger partial charge in [0.15, 0.2) is 0 Å². The number of halogens is 1. The summed E-state index contributed by atoms with van der Waals surface area (Å²) in [6, 6.07) is 4.29. The number of hydrogen-bond donors (Lipinski definition) is 1. The van der Waals surface area contributed by atoms with Crippen molar-refractivity contribution in [3.63, 3.8) is 0 Å². The third-order valence-corrected chi connectivity index (χ3v) is 4.62. The Morgan fingerprint density at radius 2 is 2.05 bits per heavy atom. The summed E-state index contributed by atoms with van der Waals surface area (Å²) in [6.45, 7) is 6.04. The first-order valence-corrected chi connectivity index (χ1v) is 7.90. The van der Waals surface area contributed by atoms with E-state index in [1.807, 2.05) is 4.90 Å². The number of thioether (sulfide) groups is 1. The average Bonchev–Trinajstić information content (AvgIpc) is 2.36. The number of piperidine rings is 1. The van der Waals surface area contributed by atoms with E-state index in [1.54, 1.807) is 6.07 Å². The minimum absolute atomic E-state index is 0.136. The Morgan fingerprint density at radius 3 is 2.65 bits per heavy atom. The lowest BCUT2D eigenvalue weighted by atomic mass is 9.92. The van der Waals surface area contributed by atoms with Crippen LogP contribution in [0.1, 0.15) is 20.3 Å². The van der Waals surface area contributed by atoms with Gasteiger partial charge in [-0.1, -0.05) is 13.8 Å². The normalized spacial score (nSPS) is 22.9. The summed E-state index contributed by atoms with van der Waals surface area (Å²) >= 11 is 1.38. The van der Waals surface area contributed by atoms with Crippen molar-refractivity contribution >= 4 is 23.4 Å². The Kier molecular flexibility index (Phi) is 4.91. The molecule has 2 atom stereocenters. The third kappa shape index (κ3) is 3.88. The van der Waals surface area contributed by atoms with Gasteiger partial charge in [0.2, 0.25) is 5.91 Å². The summed E-state index contributed by atoms with van der Waals surface area (Å²) in [5, 5.41) is 0. The zero-order valence-electron chi connectivity index (χ0n) is 11.9. The number of likely N-dealkylation sites (tertiary alicyclic amines) is 1. The number of nitrogens with zero attached hydrogens (tertiary/aromatic N) is 1. The molecule has 1 aromatic carbocycles. The Hall–Kier alpha value is -1.23. The molecule has 1 aliphatic rings. The molecule has 1 aliphatic heterocycles. The van der Waals surface area contributed by atoms with Crippen LogP contribution in [0.25, 0.3) is 0 Å². The average molecular weight is 296 g/mol. The van der Waals surface area contributed by atoms with Crippen LogP contribution in [0.2, 0.25) is 0 Å². The molecule has 2 unspecified atom stereocenters. The molecular formula is C15H21FN2OS. The van der Waals surface area contributed by atoms with Gasteiger partial charge in [-0.15, -0.1) is 11.8 Å². The van der Waals surface area contributed by atoms with E-state index >= 15 is 0 Å². The van der Waals surface area contributed by atoms with Gasteiger partial charge >= 0.3 is 0 Å². The number of carbonyl (C=O) groups is 1. The molecule has 110 valence electrons. The smallest absolute Gasteiger partial charge is 0.232 e. The van der Waals surface area contributed by atoms with E-state index in [4.69, 9.17) is 5.73 Å². The quantitative estimate of drug-likeness (QED) is 0.689. The summed E-state index contributed by atoms with van der Waals surface area (Å²) in [6.07, 6.45) is 1.18. The maximum absolute atomic E-state index is 13.0. The Bertz CT molecular complexity index is 485. The highest BCUT2D eigenvalue weighted by atomic mass is 32.2. The van der Waals surface area contributed by atoms with Gasteiger partial charge in [-0.3, -0.25) is 4.79 Å². The van der Waals surface area contributed by atoms with Crippen LogP contribution in [0.3, 0.4) is 0 Å². The lowest BCUT2D eigenvalue weighted by molar-refractivity contribution is -0.130. The van der Waals surface area contributed by atoms with Crippen LogP contribution in [0, 0.1) is 17.7 Å². The second-order valence-electron chi connectivity index (χ2n) is 5.72. The van der Waals surface area contributed by atoms with E-state index in [2.05, 4.69) is 13.8 Å². The second-order valence-corrected chi connectivity index (χ2v) is 6.73. The fourth-order valence-electron chi connectivity index (χ4n) is 2.75. The largest absolute Gasteiger partial charge is 0.398 e. The molecule has 2 rings (SSSR count). The number of carbonyl (C=O) groups excluding carboxylic acids is 1. The van der Waals surface area contributed by atoms with Crippen LogP contribution in [0.4, 0.5) is 10.1 Å². The molecule has 0 bridgehead atoms. The molecule has 0 saturated carbocycles. The molecule has 0 radical (unpaired) electrons. The number of amides is 1. The van der Waals surface area contributed by atoms with Gasteiger partial charge in [0.05, 0.1) is 5.75 Å². The molecule has 1 aromatic rings. The van der Waals surface area contributed by atoms with Gasteiger partial charge in [-0.05, 0) is 36.5 Å². The van der Waals surface area contributed by atoms with Gasteiger partial charge < -0.3 is 10.6 Å². The molecule has 0 aromatic heterocycles. The molecular weight excluding hydrogens is 275 g/mol. The monoisotopic (exact) mass is 296 g/mol. The second kappa shape index (κ2) is 6.48. The fraction of sp³-hybridized carbons (Fsp3) is 0.533. The minimum atomic E-state index is -0.350. The van der Waals surface area contributed by atoms with Crippen molar-refractivity contribution < 1.29 is 9.18 Å². The first-order chi connectivity index (χ1) is 9.45. The number of anilines is 1. The molecule has 2 N–H and O–H groups in total. The highest BCUT2D eigenvalue weighted by Gasteiger charge is 2.25. The van der Waals surface area contributed by atoms with Crippen LogP contribution >= 0.6 is 11.8 Å². The van der Waals surface area contributed by atoms with Crippen LogP contribution in [-0.2, 0) is 4.79 Å². The lowest BCUT2D eigenvalue weighted by Crippen LogP contribution is -2.43. The number of rotatable bonds is 3. The van der Waals surface area contributed by atoms with Crippen molar-refractivity contribution in [1.82, 2.24) is 4.90 Å². The molecule has 0 spiro atoms. The molecule has 20 heavy (non-hydrogen) atoms. The SMILES string of the molecule is CC1CC(C)CN(C(=O)CSc2ccc(F)cc2N)C1. The molecule has 1 fully saturated rings. The Labute approximate surface area is 123 Å². The summed E-state index contributed by atoms with van der Waals surface area (Å²) in [4.78, 5) is 14.9. The van der Waals surface area contributed by atoms with Gasteiger partial charge in [0.25, 0.3) is 0 Å². The van der Waals surface area contributed by atoms with E-state index in [9.17, 15) is 9.18 Å². The predicted octanol–water partition coefficient (Wildman–Crippen LogP) is 3.00. The van der Waals surface area contributed by atoms with Crippen LogP contribution in [0.5, 0.6) is 0 Å². The number of benzene rings is 1. The third-order valence-electron chi connectivity index (χ3n) is 3.54. The van der Waals surface area contributed by atoms with Gasteiger partial charge in [0.1, 0.15) is 5.82 Å². The predicted molar refractivity (Wildman–Crippen MR) is 81.1 cm³/mol. The van der Waals surface area contributed by atoms with Crippen molar-refractivity contribution in [2.75, 3.05) is 24.6 Å². The van der Waals surface area contributed by atoms with Crippen molar-refractivity contribution in [2.24, 2.45) is 11.8 Å². The van der Waals surface area contributed by atoms with Crippen molar-refractivity contribution in [1.29, 1.82) is 0 Å². The topological polar surface area (TPSA) is 46.3 Å². The summed E-state index contributed by atoms with van der Waals surface area (Å²) in [5.74, 6) is 1.26. The summed E-state index contributed by atoms with van der Waals surface area (Å²) < 4.78 is 13.0. The van der Waals surface area contributed by atoms with Gasteiger partial charge in [-0.25, -0.2) is 4.39 Å². The first-order valence-electron chi connectivity index (χ1n) is 6.91. The molecule has 3 nitrogen and oxygen atoms in total. The van der Waals surface area contributed by atoms with E-state index in [1.165, 1.54) is 30.3 Å². The highest BCUT2D eigenvalue weighted by molar-refractivity contribution is 8.00. The van der Waals surface area contributed by atoms with E-state index in [-0.39, 0.29) is 11.7 Å². The number of nitrogens with two attached hydrogens (primary N) is 1. The molecule has 1 amide bonds. The van der Waals surface area contributed by atoms with Crippen molar-refractivity contribution in [3.05, 3.63) is 24.0 Å². The molecule has 1 heterocycles. The standard InChI is InChI=1S/C15H21FN2OS/c1-10-5-11(2)8-18(7-10)15(19)9-20-14-4-3-12(16)6-13(14)17/h3-4,6,10-11H,5,7-9,17H2,1-2H3. The zero-order chi connectivity index (χ0) is 14.7. The van der Waals surface area contributed by atoms with Crippen LogP contribution < -0.4 is 5.73 Å². The Morgan fingerprint density at radius 1 is 1.40 bits per heavy atom. The summed E-state index contributed by atoms with van der Waals surface area (Å²) in [5.41, 5.74) is 6.14. The number of hydrogen-bond acceptors (Lipinski definition) is 3. The first kappa shape index (κ1) is 15.2. The maximum atomic E-state index is 13.0. The highest BCUT2D eigenvalue weighted by Crippen LogP contribution is 2.27. The molecule has 0 aliphatic carbocycles. The van der Waals surface area contributed by atoms with Crippen LogP contribution in [-0.4, -0.2) is 29.6 Å². The minimum Gasteiger partial charge on any atom is -0.398 e. The number of nitrogen functional groups attached to an aromatic ring is 1. The molecule has 1 saturated heterocycles. The van der Waals surface area contributed by atoms with Crippen LogP contribution in [0.15, 0.2) is 23.1 Å². The lowest BCUT2D eigenvalue weighted by Gasteiger charge is -2.35. The van der Waals surface area contributed by atoms with Crippen molar-refractivity contribution in [3.8, 4) is 0 Å².